The summed E-state index contributed by atoms with van der Waals surface area (Å²) < 4.78 is 5.83. The van der Waals surface area contributed by atoms with E-state index in [9.17, 15) is 9.59 Å². The molecule has 1 aliphatic heterocycles. The fraction of sp³-hybridized carbons (Fsp3) is 0.474. The molecule has 6 heteroatoms. The van der Waals surface area contributed by atoms with Gasteiger partial charge in [0.15, 0.2) is 5.76 Å². The lowest BCUT2D eigenvalue weighted by molar-refractivity contribution is -0.125. The van der Waals surface area contributed by atoms with Crippen molar-refractivity contribution < 1.29 is 14.0 Å². The maximum absolute atomic E-state index is 13.1. The van der Waals surface area contributed by atoms with Gasteiger partial charge in [-0.15, -0.1) is 0 Å². The topological polar surface area (TPSA) is 88.6 Å². The Morgan fingerprint density at radius 3 is 2.72 bits per heavy atom. The van der Waals surface area contributed by atoms with Crippen molar-refractivity contribution in [3.63, 3.8) is 0 Å². The number of aryl methyl sites for hydroxylation is 2. The molecular formula is C19H25N3O3. The number of hydrogen-bond donors (Lipinski definition) is 2. The Morgan fingerprint density at radius 2 is 2.04 bits per heavy atom. The van der Waals surface area contributed by atoms with Crippen molar-refractivity contribution in [3.05, 3.63) is 35.1 Å². The summed E-state index contributed by atoms with van der Waals surface area (Å²) in [5, 5.41) is 3.79. The molecule has 2 heterocycles. The number of nitrogens with two attached hydrogens (primary N) is 1. The van der Waals surface area contributed by atoms with Gasteiger partial charge in [0.2, 0.25) is 5.91 Å². The first-order chi connectivity index (χ1) is 11.8. The predicted molar refractivity (Wildman–Crippen MR) is 96.4 cm³/mol. The number of furan rings is 1. The molecule has 0 spiro atoms. The number of likely N-dealkylation sites (tertiary alicyclic amines) is 1. The number of nitrogens with zero attached hydrogens (tertiary/aromatic N) is 1. The van der Waals surface area contributed by atoms with Crippen LogP contribution in [0.4, 0.5) is 0 Å². The van der Waals surface area contributed by atoms with Crippen molar-refractivity contribution >= 4 is 22.8 Å². The van der Waals surface area contributed by atoms with Crippen molar-refractivity contribution in [1.82, 2.24) is 10.2 Å². The predicted octanol–water partition coefficient (Wildman–Crippen LogP) is 2.12. The largest absolute Gasteiger partial charge is 0.451 e. The van der Waals surface area contributed by atoms with Gasteiger partial charge in [-0.1, -0.05) is 12.1 Å². The maximum Gasteiger partial charge on any atom is 0.290 e. The highest BCUT2D eigenvalue weighted by atomic mass is 16.3. The molecule has 0 bridgehead atoms. The molecular weight excluding hydrogens is 318 g/mol. The van der Waals surface area contributed by atoms with Crippen LogP contribution < -0.4 is 11.1 Å². The van der Waals surface area contributed by atoms with Crippen molar-refractivity contribution in [3.8, 4) is 0 Å². The van der Waals surface area contributed by atoms with Gasteiger partial charge in [0.1, 0.15) is 11.6 Å². The van der Waals surface area contributed by atoms with E-state index in [2.05, 4.69) is 5.32 Å². The van der Waals surface area contributed by atoms with Gasteiger partial charge in [-0.2, -0.15) is 0 Å². The van der Waals surface area contributed by atoms with Crippen LogP contribution in [0, 0.1) is 13.8 Å². The van der Waals surface area contributed by atoms with Gasteiger partial charge >= 0.3 is 0 Å². The average Bonchev–Trinajstić information content (AvgIpc) is 3.07. The van der Waals surface area contributed by atoms with Gasteiger partial charge in [0, 0.05) is 29.6 Å². The van der Waals surface area contributed by atoms with Gasteiger partial charge in [-0.05, 0) is 45.7 Å². The highest BCUT2D eigenvalue weighted by molar-refractivity contribution is 6.01. The first-order valence-electron chi connectivity index (χ1n) is 8.64. The minimum absolute atomic E-state index is 0.0113. The number of hydrogen-bond acceptors (Lipinski definition) is 4. The Labute approximate surface area is 147 Å². The van der Waals surface area contributed by atoms with E-state index in [0.29, 0.717) is 18.5 Å². The molecule has 0 aliphatic carbocycles. The highest BCUT2D eigenvalue weighted by Gasteiger charge is 2.40. The van der Waals surface area contributed by atoms with Gasteiger partial charge in [0.25, 0.3) is 5.91 Å². The number of benzene rings is 1. The first-order valence-corrected chi connectivity index (χ1v) is 8.64. The molecule has 1 saturated heterocycles. The summed E-state index contributed by atoms with van der Waals surface area (Å²) in [5.41, 5.74) is 8.58. The molecule has 2 atom stereocenters. The molecule has 0 radical (unpaired) electrons. The number of amides is 2. The molecule has 3 rings (SSSR count). The van der Waals surface area contributed by atoms with Crippen LogP contribution >= 0.6 is 0 Å². The second-order valence-corrected chi connectivity index (χ2v) is 7.19. The van der Waals surface area contributed by atoms with Crippen LogP contribution in [0.2, 0.25) is 0 Å². The second kappa shape index (κ2) is 6.52. The van der Waals surface area contributed by atoms with Crippen molar-refractivity contribution in [2.24, 2.45) is 5.73 Å². The van der Waals surface area contributed by atoms with Crippen molar-refractivity contribution in [2.45, 2.75) is 52.2 Å². The fourth-order valence-electron chi connectivity index (χ4n) is 3.39. The van der Waals surface area contributed by atoms with Crippen LogP contribution in [-0.2, 0) is 4.79 Å². The molecule has 1 fully saturated rings. The normalized spacial score (nSPS) is 20.5. The Balaban J connectivity index is 1.93. The summed E-state index contributed by atoms with van der Waals surface area (Å²) in [7, 11) is 0. The van der Waals surface area contributed by atoms with E-state index in [-0.39, 0.29) is 29.7 Å². The van der Waals surface area contributed by atoms with Crippen LogP contribution in [-0.4, -0.2) is 41.4 Å². The molecule has 3 N–H and O–H groups in total. The molecule has 1 aliphatic rings. The van der Waals surface area contributed by atoms with E-state index in [1.165, 1.54) is 0 Å². The molecule has 1 aromatic heterocycles. The number of nitrogens with one attached hydrogen (secondary N) is 1. The van der Waals surface area contributed by atoms with Crippen molar-refractivity contribution in [2.75, 3.05) is 6.54 Å². The Hall–Kier alpha value is -2.34. The zero-order valence-electron chi connectivity index (χ0n) is 15.1. The summed E-state index contributed by atoms with van der Waals surface area (Å²) in [5.74, 6) is -0.152. The number of rotatable bonds is 3. The third-order valence-electron chi connectivity index (χ3n) is 4.62. The van der Waals surface area contributed by atoms with Gasteiger partial charge in [-0.25, -0.2) is 0 Å². The third-order valence-corrected chi connectivity index (χ3v) is 4.62. The molecule has 0 saturated carbocycles. The summed E-state index contributed by atoms with van der Waals surface area (Å²) in [6, 6.07) is 5.11. The van der Waals surface area contributed by atoms with E-state index in [4.69, 9.17) is 10.2 Å². The van der Waals surface area contributed by atoms with Crippen LogP contribution in [0.5, 0.6) is 0 Å². The first kappa shape index (κ1) is 17.5. The van der Waals surface area contributed by atoms with Crippen LogP contribution in [0.25, 0.3) is 11.0 Å². The molecule has 1 aromatic carbocycles. The minimum Gasteiger partial charge on any atom is -0.451 e. The van der Waals surface area contributed by atoms with Gasteiger partial charge in [0.05, 0.1) is 0 Å². The quantitative estimate of drug-likeness (QED) is 0.893. The monoisotopic (exact) mass is 343 g/mol. The standard InChI is InChI=1S/C19H25N3O3/c1-10(2)21-18(23)15-8-13(20)9-22(15)19(24)17-12(4)14-6-5-11(3)7-16(14)25-17/h5-7,10,13,15H,8-9,20H2,1-4H3,(H,21,23)/t13-,15-/m0/s1. The lowest BCUT2D eigenvalue weighted by Gasteiger charge is -2.24. The van der Waals surface area contributed by atoms with E-state index < -0.39 is 6.04 Å². The number of fused-ring (bicyclic) bond motifs is 1. The molecule has 134 valence electrons. The Morgan fingerprint density at radius 1 is 1.32 bits per heavy atom. The fourth-order valence-corrected chi connectivity index (χ4v) is 3.39. The van der Waals surface area contributed by atoms with Crippen LogP contribution in [0.3, 0.4) is 0 Å². The summed E-state index contributed by atoms with van der Waals surface area (Å²) in [6.07, 6.45) is 0.461. The highest BCUT2D eigenvalue weighted by Crippen LogP contribution is 2.29. The summed E-state index contributed by atoms with van der Waals surface area (Å²) >= 11 is 0. The zero-order valence-corrected chi connectivity index (χ0v) is 15.1. The lowest BCUT2D eigenvalue weighted by atomic mass is 10.1. The second-order valence-electron chi connectivity index (χ2n) is 7.19. The molecule has 6 nitrogen and oxygen atoms in total. The Bertz CT molecular complexity index is 825. The number of carbonyl (C=O) groups is 2. The maximum atomic E-state index is 13.1. The van der Waals surface area contributed by atoms with Crippen molar-refractivity contribution in [1.29, 1.82) is 0 Å². The smallest absolute Gasteiger partial charge is 0.290 e. The molecule has 2 aromatic rings. The SMILES string of the molecule is Cc1ccc2c(C)c(C(=O)N3C[C@@H](N)C[C@H]3C(=O)NC(C)C)oc2c1. The number of carbonyl (C=O) groups excluding carboxylic acids is 2. The summed E-state index contributed by atoms with van der Waals surface area (Å²) in [6.45, 7) is 7.98. The zero-order chi connectivity index (χ0) is 18.3. The van der Waals surface area contributed by atoms with Gasteiger partial charge < -0.3 is 20.4 Å². The average molecular weight is 343 g/mol. The van der Waals surface area contributed by atoms with Gasteiger partial charge in [-0.3, -0.25) is 9.59 Å². The lowest BCUT2D eigenvalue weighted by Crippen LogP contribution is -2.47. The van der Waals surface area contributed by atoms with E-state index in [1.807, 2.05) is 45.9 Å². The summed E-state index contributed by atoms with van der Waals surface area (Å²) in [4.78, 5) is 27.1. The molecule has 2 amide bonds. The van der Waals surface area contributed by atoms with Crippen LogP contribution in [0.1, 0.15) is 41.9 Å². The van der Waals surface area contributed by atoms with E-state index in [1.54, 1.807) is 4.90 Å². The Kier molecular flexibility index (Phi) is 4.56. The van der Waals surface area contributed by atoms with Crippen LogP contribution in [0.15, 0.2) is 22.6 Å². The van der Waals surface area contributed by atoms with E-state index >= 15 is 0 Å². The molecule has 25 heavy (non-hydrogen) atoms. The molecule has 0 unspecified atom stereocenters. The van der Waals surface area contributed by atoms with E-state index in [0.717, 1.165) is 16.5 Å². The minimum atomic E-state index is -0.556. The third kappa shape index (κ3) is 3.26.